The van der Waals surface area contributed by atoms with E-state index in [-0.39, 0.29) is 0 Å². The van der Waals surface area contributed by atoms with Gasteiger partial charge in [-0.3, -0.25) is 0 Å². The molecule has 0 unspecified atom stereocenters. The summed E-state index contributed by atoms with van der Waals surface area (Å²) in [4.78, 5) is 0. The molecule has 0 spiro atoms. The lowest BCUT2D eigenvalue weighted by atomic mass is 10.0. The number of hydrogen-bond donors (Lipinski definition) is 0. The second-order valence-electron chi connectivity index (χ2n) is 3.44. The van der Waals surface area contributed by atoms with Crippen molar-refractivity contribution in [2.24, 2.45) is 0 Å². The highest BCUT2D eigenvalue weighted by molar-refractivity contribution is 9.24. The van der Waals surface area contributed by atoms with Crippen LogP contribution in [0.3, 0.4) is 0 Å². The first-order valence-corrected chi connectivity index (χ1v) is 6.38. The molecule has 0 aliphatic heterocycles. The fourth-order valence-corrected chi connectivity index (χ4v) is 2.01. The van der Waals surface area contributed by atoms with Crippen LogP contribution in [0.25, 0.3) is 11.1 Å². The first-order chi connectivity index (χ1) is 7.57. The minimum Gasteiger partial charge on any atom is -0.213 e. The quantitative estimate of drug-likeness (QED) is 0.655. The van der Waals surface area contributed by atoms with E-state index in [1.807, 2.05) is 42.5 Å². The van der Waals surface area contributed by atoms with Crippen LogP contribution in [0.1, 0.15) is 5.56 Å². The molecule has 0 aliphatic rings. The Hall–Kier alpha value is -0.670. The maximum Gasteiger partial charge on any atom is 0.244 e. The molecule has 0 saturated carbocycles. The third kappa shape index (κ3) is 2.71. The summed E-state index contributed by atoms with van der Waals surface area (Å²) in [6.07, 6.45) is 0. The van der Waals surface area contributed by atoms with Crippen LogP contribution in [-0.2, 0) is 3.49 Å². The monoisotopic (exact) mass is 342 g/mol. The molecule has 0 fully saturated rings. The Morgan fingerprint density at radius 2 is 1.25 bits per heavy atom. The summed E-state index contributed by atoms with van der Waals surface area (Å²) >= 11 is 5.83. The van der Waals surface area contributed by atoms with Crippen molar-refractivity contribution in [2.75, 3.05) is 0 Å². The number of hydrogen-bond acceptors (Lipinski definition) is 0. The molecule has 2 rings (SSSR count). The summed E-state index contributed by atoms with van der Waals surface area (Å²) < 4.78 is 11.8. The molecule has 0 N–H and O–H groups in total. The molecule has 0 heterocycles. The first kappa shape index (κ1) is 11.8. The number of alkyl halides is 3. The van der Waals surface area contributed by atoms with Crippen LogP contribution in [0.4, 0.5) is 4.39 Å². The van der Waals surface area contributed by atoms with Crippen molar-refractivity contribution in [1.82, 2.24) is 0 Å². The minimum absolute atomic E-state index is 0.548. The van der Waals surface area contributed by atoms with Gasteiger partial charge in [0.15, 0.2) is 0 Å². The van der Waals surface area contributed by atoms with Gasteiger partial charge in [0, 0.05) is 5.56 Å². The Kier molecular flexibility index (Phi) is 3.45. The van der Waals surface area contributed by atoms with Gasteiger partial charge in [0.1, 0.15) is 0 Å². The number of benzene rings is 2. The van der Waals surface area contributed by atoms with Crippen LogP contribution in [0, 0.1) is 0 Å². The van der Waals surface area contributed by atoms with Crippen molar-refractivity contribution in [2.45, 2.75) is 3.49 Å². The van der Waals surface area contributed by atoms with Gasteiger partial charge in [-0.1, -0.05) is 54.6 Å². The van der Waals surface area contributed by atoms with E-state index in [1.54, 1.807) is 12.1 Å². The lowest BCUT2D eigenvalue weighted by molar-refractivity contribution is 0.444. The van der Waals surface area contributed by atoms with Crippen molar-refractivity contribution in [3.05, 3.63) is 60.2 Å². The molecular formula is C13H9Br2F. The number of halogens is 3. The molecule has 0 radical (unpaired) electrons. The fraction of sp³-hybridized carbons (Fsp3) is 0.0769. The van der Waals surface area contributed by atoms with Gasteiger partial charge in [0.05, 0.1) is 0 Å². The Bertz CT molecular complexity index is 458. The van der Waals surface area contributed by atoms with Gasteiger partial charge >= 0.3 is 0 Å². The van der Waals surface area contributed by atoms with E-state index >= 15 is 0 Å². The molecule has 0 aromatic heterocycles. The largest absolute Gasteiger partial charge is 0.244 e. The second-order valence-corrected chi connectivity index (χ2v) is 6.69. The standard InChI is InChI=1S/C13H9Br2F/c14-13(15,16)12-8-6-11(7-9-12)10-4-2-1-3-5-10/h1-9H. The van der Waals surface area contributed by atoms with Crippen molar-refractivity contribution in [1.29, 1.82) is 0 Å². The van der Waals surface area contributed by atoms with Crippen LogP contribution < -0.4 is 0 Å². The summed E-state index contributed by atoms with van der Waals surface area (Å²) in [5.41, 5.74) is 2.75. The van der Waals surface area contributed by atoms with E-state index in [0.29, 0.717) is 5.56 Å². The molecule has 0 atom stereocenters. The molecule has 3 heteroatoms. The van der Waals surface area contributed by atoms with E-state index in [1.165, 1.54) is 0 Å². The van der Waals surface area contributed by atoms with Gasteiger partial charge in [0.25, 0.3) is 0 Å². The van der Waals surface area contributed by atoms with Crippen molar-refractivity contribution >= 4 is 31.9 Å². The molecule has 0 bridgehead atoms. The zero-order chi connectivity index (χ0) is 11.6. The van der Waals surface area contributed by atoms with Gasteiger partial charge < -0.3 is 0 Å². The predicted molar refractivity (Wildman–Crippen MR) is 72.5 cm³/mol. The topological polar surface area (TPSA) is 0 Å². The zero-order valence-electron chi connectivity index (χ0n) is 8.33. The number of rotatable bonds is 2. The predicted octanol–water partition coefficient (Wildman–Crippen LogP) is 5.22. The van der Waals surface area contributed by atoms with Crippen molar-refractivity contribution in [3.8, 4) is 11.1 Å². The van der Waals surface area contributed by atoms with Crippen LogP contribution in [0.15, 0.2) is 54.6 Å². The van der Waals surface area contributed by atoms with E-state index in [0.717, 1.165) is 11.1 Å². The molecule has 82 valence electrons. The second kappa shape index (κ2) is 4.68. The highest BCUT2D eigenvalue weighted by Crippen LogP contribution is 2.39. The average molecular weight is 344 g/mol. The molecule has 2 aromatic rings. The lowest BCUT2D eigenvalue weighted by Crippen LogP contribution is -1.98. The maximum absolute atomic E-state index is 13.5. The van der Waals surface area contributed by atoms with Gasteiger partial charge in [-0.15, -0.1) is 0 Å². The smallest absolute Gasteiger partial charge is 0.213 e. The van der Waals surface area contributed by atoms with Gasteiger partial charge in [-0.25, -0.2) is 4.39 Å². The van der Waals surface area contributed by atoms with Crippen LogP contribution in [0.2, 0.25) is 0 Å². The Labute approximate surface area is 111 Å². The minimum atomic E-state index is -1.64. The summed E-state index contributed by atoms with van der Waals surface area (Å²) in [5.74, 6) is 0. The summed E-state index contributed by atoms with van der Waals surface area (Å²) in [5, 5.41) is 0. The third-order valence-corrected chi connectivity index (χ3v) is 3.24. The molecule has 16 heavy (non-hydrogen) atoms. The van der Waals surface area contributed by atoms with Gasteiger partial charge in [-0.2, -0.15) is 0 Å². The molecule has 2 aromatic carbocycles. The maximum atomic E-state index is 13.5. The molecular weight excluding hydrogens is 335 g/mol. The normalized spacial score (nSPS) is 11.4. The zero-order valence-corrected chi connectivity index (χ0v) is 11.5. The van der Waals surface area contributed by atoms with E-state index in [4.69, 9.17) is 0 Å². The van der Waals surface area contributed by atoms with Crippen molar-refractivity contribution in [3.63, 3.8) is 0 Å². The molecule has 0 aliphatic carbocycles. The Morgan fingerprint density at radius 3 is 1.75 bits per heavy atom. The third-order valence-electron chi connectivity index (χ3n) is 2.32. The fourth-order valence-electron chi connectivity index (χ4n) is 1.48. The lowest BCUT2D eigenvalue weighted by Gasteiger charge is -2.11. The van der Waals surface area contributed by atoms with Crippen LogP contribution >= 0.6 is 31.9 Å². The van der Waals surface area contributed by atoms with Gasteiger partial charge in [0.2, 0.25) is 3.49 Å². The first-order valence-electron chi connectivity index (χ1n) is 4.80. The van der Waals surface area contributed by atoms with Crippen molar-refractivity contribution < 1.29 is 4.39 Å². The highest BCUT2D eigenvalue weighted by atomic mass is 79.9. The summed E-state index contributed by atoms with van der Waals surface area (Å²) in [6, 6.07) is 17.3. The van der Waals surface area contributed by atoms with E-state index in [2.05, 4.69) is 31.9 Å². The van der Waals surface area contributed by atoms with Crippen LogP contribution in [-0.4, -0.2) is 0 Å². The van der Waals surface area contributed by atoms with E-state index < -0.39 is 3.49 Å². The van der Waals surface area contributed by atoms with Gasteiger partial charge in [-0.05, 0) is 43.0 Å². The van der Waals surface area contributed by atoms with Crippen LogP contribution in [0.5, 0.6) is 0 Å². The average Bonchev–Trinajstić information content (AvgIpc) is 2.29. The molecule has 0 nitrogen and oxygen atoms in total. The SMILES string of the molecule is FC(Br)(Br)c1ccc(-c2ccccc2)cc1. The Balaban J connectivity index is 2.34. The summed E-state index contributed by atoms with van der Waals surface area (Å²) in [7, 11) is 0. The highest BCUT2D eigenvalue weighted by Gasteiger charge is 2.23. The summed E-state index contributed by atoms with van der Waals surface area (Å²) in [6.45, 7) is 0. The Morgan fingerprint density at radius 1 is 0.750 bits per heavy atom. The molecule has 0 amide bonds. The molecule has 0 saturated heterocycles. The van der Waals surface area contributed by atoms with E-state index in [9.17, 15) is 4.39 Å².